The maximum Gasteiger partial charge on any atom is 0.314 e. The van der Waals surface area contributed by atoms with Crippen LogP contribution in [0.1, 0.15) is 38.7 Å². The minimum atomic E-state index is -0.891. The molecule has 1 rings (SSSR count). The lowest BCUT2D eigenvalue weighted by molar-refractivity contribution is -0.144. The molecule has 0 aromatic heterocycles. The van der Waals surface area contributed by atoms with Crippen LogP contribution in [-0.2, 0) is 10.2 Å². The minimum Gasteiger partial charge on any atom is -0.481 e. The van der Waals surface area contributed by atoms with Gasteiger partial charge in [-0.1, -0.05) is 56.2 Å². The van der Waals surface area contributed by atoms with Gasteiger partial charge in [-0.15, -0.1) is 6.58 Å². The van der Waals surface area contributed by atoms with Crippen LogP contribution < -0.4 is 0 Å². The molecule has 1 N–H and O–H groups in total. The van der Waals surface area contributed by atoms with Gasteiger partial charge in [-0.2, -0.15) is 0 Å². The van der Waals surface area contributed by atoms with Crippen LogP contribution in [0.2, 0.25) is 0 Å². The zero-order valence-corrected chi connectivity index (χ0v) is 11.2. The van der Waals surface area contributed by atoms with Gasteiger partial charge in [-0.3, -0.25) is 4.79 Å². The fourth-order valence-electron chi connectivity index (χ4n) is 2.35. The number of aliphatic carboxylic acids is 1. The van der Waals surface area contributed by atoms with Crippen molar-refractivity contribution in [2.45, 2.75) is 38.5 Å². The summed E-state index contributed by atoms with van der Waals surface area (Å²) in [6.45, 7) is 7.73. The van der Waals surface area contributed by atoms with E-state index in [2.05, 4.69) is 13.5 Å². The van der Waals surface area contributed by atoms with Crippen molar-refractivity contribution in [3.05, 3.63) is 48.6 Å². The summed E-state index contributed by atoms with van der Waals surface area (Å²) in [5.74, 6) is -0.827. The van der Waals surface area contributed by atoms with Gasteiger partial charge >= 0.3 is 5.97 Å². The smallest absolute Gasteiger partial charge is 0.314 e. The van der Waals surface area contributed by atoms with E-state index in [1.165, 1.54) is 0 Å². The van der Waals surface area contributed by atoms with Gasteiger partial charge in [0.05, 0.1) is 5.41 Å². The highest BCUT2D eigenvalue weighted by atomic mass is 16.4. The molecule has 0 saturated heterocycles. The molecule has 0 heterocycles. The highest BCUT2D eigenvalue weighted by Crippen LogP contribution is 2.36. The lowest BCUT2D eigenvalue weighted by Crippen LogP contribution is -2.39. The van der Waals surface area contributed by atoms with E-state index in [0.717, 1.165) is 24.8 Å². The van der Waals surface area contributed by atoms with Gasteiger partial charge in [0, 0.05) is 0 Å². The van der Waals surface area contributed by atoms with Crippen molar-refractivity contribution in [2.75, 3.05) is 0 Å². The average molecular weight is 246 g/mol. The van der Waals surface area contributed by atoms with Crippen molar-refractivity contribution in [3.8, 4) is 0 Å². The van der Waals surface area contributed by atoms with E-state index >= 15 is 0 Å². The van der Waals surface area contributed by atoms with E-state index in [-0.39, 0.29) is 5.92 Å². The third-order valence-corrected chi connectivity index (χ3v) is 3.71. The van der Waals surface area contributed by atoms with Crippen molar-refractivity contribution < 1.29 is 9.90 Å². The molecule has 1 aromatic rings. The quantitative estimate of drug-likeness (QED) is 0.738. The topological polar surface area (TPSA) is 37.3 Å². The summed E-state index contributed by atoms with van der Waals surface area (Å²) in [5, 5.41) is 9.64. The molecule has 0 aliphatic rings. The van der Waals surface area contributed by atoms with Crippen molar-refractivity contribution >= 4 is 5.97 Å². The normalized spacial score (nSPS) is 15.7. The number of unbranched alkanes of at least 4 members (excludes halogenated alkanes) is 1. The number of carbonyl (C=O) groups is 1. The summed E-state index contributed by atoms with van der Waals surface area (Å²) in [7, 11) is 0. The maximum absolute atomic E-state index is 11.7. The summed E-state index contributed by atoms with van der Waals surface area (Å²) in [5.41, 5.74) is -0.0449. The van der Waals surface area contributed by atoms with Crippen molar-refractivity contribution in [3.63, 3.8) is 0 Å². The first kappa shape index (κ1) is 14.5. The van der Waals surface area contributed by atoms with Crippen LogP contribution in [0.4, 0.5) is 0 Å². The third-order valence-electron chi connectivity index (χ3n) is 3.71. The number of carboxylic acids is 1. The predicted molar refractivity (Wildman–Crippen MR) is 74.6 cm³/mol. The molecule has 0 aliphatic carbocycles. The Hall–Kier alpha value is -1.57. The van der Waals surface area contributed by atoms with E-state index in [1.54, 1.807) is 13.0 Å². The molecule has 0 aliphatic heterocycles. The van der Waals surface area contributed by atoms with Crippen LogP contribution in [0, 0.1) is 5.92 Å². The summed E-state index contributed by atoms with van der Waals surface area (Å²) in [4.78, 5) is 11.7. The Labute approximate surface area is 109 Å². The van der Waals surface area contributed by atoms with Crippen molar-refractivity contribution in [1.29, 1.82) is 0 Å². The second-order valence-electron chi connectivity index (χ2n) is 4.86. The van der Waals surface area contributed by atoms with Crippen molar-refractivity contribution in [1.82, 2.24) is 0 Å². The number of carboxylic acid groups (broad SMARTS) is 1. The maximum atomic E-state index is 11.7. The number of allylic oxidation sites excluding steroid dienone is 1. The Bertz CT molecular complexity index is 397. The summed E-state index contributed by atoms with van der Waals surface area (Å²) >= 11 is 0. The number of rotatable bonds is 7. The highest BCUT2D eigenvalue weighted by molar-refractivity contribution is 5.81. The van der Waals surface area contributed by atoms with Crippen molar-refractivity contribution in [2.24, 2.45) is 5.92 Å². The van der Waals surface area contributed by atoms with Gasteiger partial charge in [0.2, 0.25) is 0 Å². The zero-order valence-electron chi connectivity index (χ0n) is 11.2. The number of hydrogen-bond donors (Lipinski definition) is 1. The average Bonchev–Trinajstić information content (AvgIpc) is 2.40. The lowest BCUT2D eigenvalue weighted by atomic mass is 9.70. The molecule has 0 radical (unpaired) electrons. The van der Waals surface area contributed by atoms with E-state index in [0.29, 0.717) is 0 Å². The fraction of sp³-hybridized carbons (Fsp3) is 0.438. The fourth-order valence-corrected chi connectivity index (χ4v) is 2.35. The molecule has 0 spiro atoms. The molecule has 18 heavy (non-hydrogen) atoms. The number of benzene rings is 1. The standard InChI is InChI=1S/C16H22O2/c1-4-6-10-13(5-2)16(3,15(17)18)14-11-8-7-9-12-14/h5,7-9,11-13H,2,4,6,10H2,1,3H3,(H,17,18)/t13-,16-/m0/s1. The van der Waals surface area contributed by atoms with Gasteiger partial charge in [-0.05, 0) is 24.8 Å². The minimum absolute atomic E-state index is 0.0441. The molecule has 0 saturated carbocycles. The van der Waals surface area contributed by atoms with E-state index in [4.69, 9.17) is 0 Å². The predicted octanol–water partition coefficient (Wildman–Crippen LogP) is 4.02. The summed E-state index contributed by atoms with van der Waals surface area (Å²) in [6.07, 6.45) is 4.73. The molecule has 0 unspecified atom stereocenters. The second-order valence-corrected chi connectivity index (χ2v) is 4.86. The van der Waals surface area contributed by atoms with Gasteiger partial charge in [0.15, 0.2) is 0 Å². The SMILES string of the molecule is C=C[C@@H](CCCC)[C@](C)(C(=O)O)c1ccccc1. The van der Waals surface area contributed by atoms with Crippen LogP contribution in [0.3, 0.4) is 0 Å². The highest BCUT2D eigenvalue weighted by Gasteiger charge is 2.41. The first-order valence-corrected chi connectivity index (χ1v) is 6.48. The molecule has 1 aromatic carbocycles. The molecule has 0 bridgehead atoms. The summed E-state index contributed by atoms with van der Waals surface area (Å²) in [6, 6.07) is 9.45. The van der Waals surface area contributed by atoms with Gasteiger partial charge in [0.25, 0.3) is 0 Å². The Balaban J connectivity index is 3.13. The molecule has 98 valence electrons. The molecule has 2 nitrogen and oxygen atoms in total. The van der Waals surface area contributed by atoms with Gasteiger partial charge in [0.1, 0.15) is 0 Å². The van der Waals surface area contributed by atoms with Crippen LogP contribution in [0.15, 0.2) is 43.0 Å². The van der Waals surface area contributed by atoms with E-state index in [1.807, 2.05) is 30.3 Å². The molecule has 0 amide bonds. The van der Waals surface area contributed by atoms with Crippen LogP contribution in [0.5, 0.6) is 0 Å². The lowest BCUT2D eigenvalue weighted by Gasteiger charge is -2.32. The molecule has 2 atom stereocenters. The van der Waals surface area contributed by atoms with E-state index in [9.17, 15) is 9.90 Å². The van der Waals surface area contributed by atoms with Crippen LogP contribution >= 0.6 is 0 Å². The molecular formula is C16H22O2. The van der Waals surface area contributed by atoms with Crippen LogP contribution in [-0.4, -0.2) is 11.1 Å². The summed E-state index contributed by atoms with van der Waals surface area (Å²) < 4.78 is 0. The molecule has 2 heteroatoms. The van der Waals surface area contributed by atoms with Crippen LogP contribution in [0.25, 0.3) is 0 Å². The number of hydrogen-bond acceptors (Lipinski definition) is 1. The zero-order chi connectivity index (χ0) is 13.6. The third kappa shape index (κ3) is 2.81. The first-order valence-electron chi connectivity index (χ1n) is 6.48. The first-order chi connectivity index (χ1) is 8.57. The Morgan fingerprint density at radius 2 is 2.06 bits per heavy atom. The monoisotopic (exact) mass is 246 g/mol. The van der Waals surface area contributed by atoms with Gasteiger partial charge < -0.3 is 5.11 Å². The Morgan fingerprint density at radius 1 is 1.44 bits per heavy atom. The Morgan fingerprint density at radius 3 is 2.50 bits per heavy atom. The van der Waals surface area contributed by atoms with E-state index < -0.39 is 11.4 Å². The largest absolute Gasteiger partial charge is 0.481 e. The van der Waals surface area contributed by atoms with Gasteiger partial charge in [-0.25, -0.2) is 0 Å². The second kappa shape index (κ2) is 6.39. The molecule has 0 fully saturated rings. The Kier molecular flexibility index (Phi) is 5.14. The molecular weight excluding hydrogens is 224 g/mol.